The SMILES string of the molecule is COC(=O)CC=Cc1ccc(C)c(Br)c1. The highest BCUT2D eigenvalue weighted by atomic mass is 79.9. The van der Waals surface area contributed by atoms with Crippen LogP contribution in [0.2, 0.25) is 0 Å². The van der Waals surface area contributed by atoms with Crippen molar-refractivity contribution in [3.8, 4) is 0 Å². The number of hydrogen-bond acceptors (Lipinski definition) is 2. The molecule has 0 spiro atoms. The van der Waals surface area contributed by atoms with Gasteiger partial charge in [0.15, 0.2) is 0 Å². The maximum Gasteiger partial charge on any atom is 0.309 e. The highest BCUT2D eigenvalue weighted by Gasteiger charge is 1.96. The number of rotatable bonds is 3. The summed E-state index contributed by atoms with van der Waals surface area (Å²) < 4.78 is 5.60. The van der Waals surface area contributed by atoms with Crippen molar-refractivity contribution in [2.45, 2.75) is 13.3 Å². The van der Waals surface area contributed by atoms with E-state index in [9.17, 15) is 4.79 Å². The number of methoxy groups -OCH3 is 1. The predicted octanol–water partition coefficient (Wildman–Crippen LogP) is 3.33. The molecule has 0 heterocycles. The first-order valence-corrected chi connectivity index (χ1v) is 5.42. The molecule has 0 amide bonds. The van der Waals surface area contributed by atoms with Gasteiger partial charge in [0.1, 0.15) is 0 Å². The highest BCUT2D eigenvalue weighted by Crippen LogP contribution is 2.18. The minimum Gasteiger partial charge on any atom is -0.469 e. The zero-order chi connectivity index (χ0) is 11.3. The van der Waals surface area contributed by atoms with Crippen LogP contribution in [-0.4, -0.2) is 13.1 Å². The zero-order valence-electron chi connectivity index (χ0n) is 8.79. The van der Waals surface area contributed by atoms with E-state index in [1.807, 2.05) is 31.2 Å². The number of esters is 1. The fraction of sp³-hybridized carbons (Fsp3) is 0.250. The molecule has 0 unspecified atom stereocenters. The molecule has 0 bridgehead atoms. The van der Waals surface area contributed by atoms with Gasteiger partial charge in [-0.05, 0) is 24.1 Å². The molecule has 0 aliphatic carbocycles. The van der Waals surface area contributed by atoms with Crippen molar-refractivity contribution >= 4 is 28.0 Å². The summed E-state index contributed by atoms with van der Waals surface area (Å²) in [5, 5.41) is 0. The first-order valence-electron chi connectivity index (χ1n) is 4.63. The lowest BCUT2D eigenvalue weighted by Gasteiger charge is -1.99. The third-order valence-corrected chi connectivity index (χ3v) is 2.87. The van der Waals surface area contributed by atoms with E-state index in [-0.39, 0.29) is 5.97 Å². The average Bonchev–Trinajstić information content (AvgIpc) is 2.23. The van der Waals surface area contributed by atoms with E-state index < -0.39 is 0 Å². The molecule has 0 fully saturated rings. The molecule has 1 aromatic carbocycles. The Bertz CT molecular complexity index is 383. The lowest BCUT2D eigenvalue weighted by Crippen LogP contribution is -1.96. The van der Waals surface area contributed by atoms with E-state index in [0.29, 0.717) is 6.42 Å². The van der Waals surface area contributed by atoms with Gasteiger partial charge in [-0.25, -0.2) is 0 Å². The van der Waals surface area contributed by atoms with Gasteiger partial charge >= 0.3 is 5.97 Å². The number of carbonyl (C=O) groups excluding carboxylic acids is 1. The van der Waals surface area contributed by atoms with Gasteiger partial charge in [0.05, 0.1) is 13.5 Å². The number of aryl methyl sites for hydroxylation is 1. The Morgan fingerprint density at radius 1 is 1.53 bits per heavy atom. The monoisotopic (exact) mass is 268 g/mol. The van der Waals surface area contributed by atoms with E-state index in [2.05, 4.69) is 20.7 Å². The van der Waals surface area contributed by atoms with Crippen molar-refractivity contribution in [3.05, 3.63) is 39.9 Å². The maximum atomic E-state index is 10.8. The lowest BCUT2D eigenvalue weighted by molar-refractivity contribution is -0.139. The minimum absolute atomic E-state index is 0.225. The molecule has 80 valence electrons. The van der Waals surface area contributed by atoms with Crippen LogP contribution in [-0.2, 0) is 9.53 Å². The van der Waals surface area contributed by atoms with Crippen molar-refractivity contribution in [3.63, 3.8) is 0 Å². The molecule has 1 rings (SSSR count). The molecular weight excluding hydrogens is 256 g/mol. The highest BCUT2D eigenvalue weighted by molar-refractivity contribution is 9.10. The van der Waals surface area contributed by atoms with Crippen LogP contribution in [0.3, 0.4) is 0 Å². The fourth-order valence-corrected chi connectivity index (χ4v) is 1.48. The Morgan fingerprint density at radius 3 is 2.87 bits per heavy atom. The topological polar surface area (TPSA) is 26.3 Å². The Kier molecular flexibility index (Phi) is 4.56. The summed E-state index contributed by atoms with van der Waals surface area (Å²) in [6, 6.07) is 6.05. The summed E-state index contributed by atoms with van der Waals surface area (Å²) in [6.45, 7) is 2.03. The molecule has 0 aliphatic rings. The number of hydrogen-bond donors (Lipinski definition) is 0. The average molecular weight is 269 g/mol. The van der Waals surface area contributed by atoms with Crippen molar-refractivity contribution in [1.29, 1.82) is 0 Å². The Morgan fingerprint density at radius 2 is 2.27 bits per heavy atom. The molecule has 0 radical (unpaired) electrons. The van der Waals surface area contributed by atoms with Crippen LogP contribution in [0.5, 0.6) is 0 Å². The molecule has 0 aromatic heterocycles. The number of carbonyl (C=O) groups is 1. The van der Waals surface area contributed by atoms with Crippen molar-refractivity contribution in [2.75, 3.05) is 7.11 Å². The van der Waals surface area contributed by atoms with Crippen LogP contribution in [0.4, 0.5) is 0 Å². The molecule has 0 aliphatic heterocycles. The van der Waals surface area contributed by atoms with Crippen LogP contribution in [0.1, 0.15) is 17.5 Å². The standard InChI is InChI=1S/C12H13BrO2/c1-9-6-7-10(8-11(9)13)4-3-5-12(14)15-2/h3-4,6-8H,5H2,1-2H3. The zero-order valence-corrected chi connectivity index (χ0v) is 10.4. The summed E-state index contributed by atoms with van der Waals surface area (Å²) in [7, 11) is 1.39. The molecular formula is C12H13BrO2. The lowest BCUT2D eigenvalue weighted by atomic mass is 10.1. The van der Waals surface area contributed by atoms with Crippen LogP contribution in [0, 0.1) is 6.92 Å². The largest absolute Gasteiger partial charge is 0.469 e. The van der Waals surface area contributed by atoms with Gasteiger partial charge < -0.3 is 4.74 Å². The number of benzene rings is 1. The van der Waals surface area contributed by atoms with Gasteiger partial charge in [0.25, 0.3) is 0 Å². The second-order valence-electron chi connectivity index (χ2n) is 3.19. The second-order valence-corrected chi connectivity index (χ2v) is 4.05. The van der Waals surface area contributed by atoms with Gasteiger partial charge in [0, 0.05) is 4.47 Å². The second kappa shape index (κ2) is 5.71. The van der Waals surface area contributed by atoms with Crippen molar-refractivity contribution in [2.24, 2.45) is 0 Å². The number of halogens is 1. The van der Waals surface area contributed by atoms with E-state index in [1.165, 1.54) is 12.7 Å². The van der Waals surface area contributed by atoms with Crippen molar-refractivity contribution in [1.82, 2.24) is 0 Å². The Hall–Kier alpha value is -1.09. The Balaban J connectivity index is 2.65. The maximum absolute atomic E-state index is 10.8. The van der Waals surface area contributed by atoms with Crippen LogP contribution >= 0.6 is 15.9 Å². The van der Waals surface area contributed by atoms with Gasteiger partial charge in [0.2, 0.25) is 0 Å². The van der Waals surface area contributed by atoms with Gasteiger partial charge in [-0.1, -0.05) is 40.2 Å². The summed E-state index contributed by atoms with van der Waals surface area (Å²) in [4.78, 5) is 10.8. The molecule has 1 aromatic rings. The molecule has 0 saturated carbocycles. The third kappa shape index (κ3) is 3.88. The summed E-state index contributed by atoms with van der Waals surface area (Å²) >= 11 is 3.46. The van der Waals surface area contributed by atoms with Crippen molar-refractivity contribution < 1.29 is 9.53 Å². The van der Waals surface area contributed by atoms with E-state index >= 15 is 0 Å². The molecule has 3 heteroatoms. The van der Waals surface area contributed by atoms with Gasteiger partial charge in [-0.2, -0.15) is 0 Å². The molecule has 15 heavy (non-hydrogen) atoms. The molecule has 0 N–H and O–H groups in total. The normalized spacial score (nSPS) is 10.6. The first-order chi connectivity index (χ1) is 7.13. The van der Waals surface area contributed by atoms with Crippen LogP contribution in [0.25, 0.3) is 6.08 Å². The number of ether oxygens (including phenoxy) is 1. The fourth-order valence-electron chi connectivity index (χ4n) is 1.09. The van der Waals surface area contributed by atoms with E-state index in [0.717, 1.165) is 10.0 Å². The minimum atomic E-state index is -0.225. The summed E-state index contributed by atoms with van der Waals surface area (Å²) in [5.74, 6) is -0.225. The van der Waals surface area contributed by atoms with Gasteiger partial charge in [-0.15, -0.1) is 0 Å². The third-order valence-electron chi connectivity index (χ3n) is 2.02. The smallest absolute Gasteiger partial charge is 0.309 e. The Labute approximate surface area is 98.1 Å². The van der Waals surface area contributed by atoms with Crippen LogP contribution < -0.4 is 0 Å². The van der Waals surface area contributed by atoms with E-state index in [4.69, 9.17) is 0 Å². The molecule has 0 saturated heterocycles. The van der Waals surface area contributed by atoms with Crippen LogP contribution in [0.15, 0.2) is 28.7 Å². The van der Waals surface area contributed by atoms with Gasteiger partial charge in [-0.3, -0.25) is 4.79 Å². The summed E-state index contributed by atoms with van der Waals surface area (Å²) in [5.41, 5.74) is 2.26. The first kappa shape index (κ1) is 12.0. The molecule has 0 atom stereocenters. The summed E-state index contributed by atoms with van der Waals surface area (Å²) in [6.07, 6.45) is 4.01. The van der Waals surface area contributed by atoms with E-state index in [1.54, 1.807) is 6.08 Å². The quantitative estimate of drug-likeness (QED) is 0.787. The predicted molar refractivity (Wildman–Crippen MR) is 64.5 cm³/mol. The molecule has 2 nitrogen and oxygen atoms in total.